The molecule has 0 aliphatic carbocycles. The zero-order valence-electron chi connectivity index (χ0n) is 17.7. The lowest BCUT2D eigenvalue weighted by Crippen LogP contribution is -2.37. The van der Waals surface area contributed by atoms with E-state index in [9.17, 15) is 9.18 Å². The lowest BCUT2D eigenvalue weighted by atomic mass is 10.1. The first-order valence-electron chi connectivity index (χ1n) is 11.0. The second kappa shape index (κ2) is 10.7. The molecule has 2 aliphatic heterocycles. The highest BCUT2D eigenvalue weighted by molar-refractivity contribution is 5.75. The van der Waals surface area contributed by atoms with Crippen molar-refractivity contribution in [2.75, 3.05) is 45.9 Å². The van der Waals surface area contributed by atoms with Gasteiger partial charge in [-0.2, -0.15) is 0 Å². The van der Waals surface area contributed by atoms with Crippen LogP contribution in [-0.2, 0) is 22.6 Å². The fraction of sp³-hybridized carbons (Fsp3) is 0.619. The van der Waals surface area contributed by atoms with E-state index in [4.69, 9.17) is 4.74 Å². The third-order valence-corrected chi connectivity index (χ3v) is 5.95. The van der Waals surface area contributed by atoms with Crippen molar-refractivity contribution >= 4 is 5.91 Å². The monoisotopic (exact) mass is 431 g/mol. The topological polar surface area (TPSA) is 88.4 Å². The van der Waals surface area contributed by atoms with Crippen LogP contribution in [0.1, 0.15) is 36.7 Å². The number of aryl methyl sites for hydroxylation is 1. The van der Waals surface area contributed by atoms with E-state index in [1.54, 1.807) is 4.68 Å². The van der Waals surface area contributed by atoms with Gasteiger partial charge in [0.25, 0.3) is 0 Å². The summed E-state index contributed by atoms with van der Waals surface area (Å²) < 4.78 is 20.4. The fourth-order valence-corrected chi connectivity index (χ4v) is 4.17. The van der Waals surface area contributed by atoms with Gasteiger partial charge >= 0.3 is 0 Å². The summed E-state index contributed by atoms with van der Waals surface area (Å²) in [6, 6.07) is 6.63. The molecule has 1 aromatic heterocycles. The molecule has 1 N–H and O–H groups in total. The smallest absolute Gasteiger partial charge is 0.221 e. The molecule has 4 rings (SSSR count). The number of carbonyl (C=O) groups is 1. The number of halogens is 1. The van der Waals surface area contributed by atoms with Gasteiger partial charge in [0, 0.05) is 26.1 Å². The van der Waals surface area contributed by atoms with Gasteiger partial charge in [0.2, 0.25) is 5.91 Å². The highest BCUT2D eigenvalue weighted by Crippen LogP contribution is 2.24. The van der Waals surface area contributed by atoms with E-state index in [1.807, 2.05) is 12.1 Å². The van der Waals surface area contributed by atoms with Gasteiger partial charge in [-0.05, 0) is 54.1 Å². The highest BCUT2D eigenvalue weighted by Gasteiger charge is 2.24. The molecular weight excluding hydrogens is 401 g/mol. The standard InChI is InChI=1S/C21H30FN7O2/c22-18-5-3-17(4-6-18)19(28-8-1-2-9-28)15-23-21(30)7-10-29-20(24-25-26-29)16-27-11-13-31-14-12-27/h3-6,19H,1-2,7-16H2,(H,23,30)/t19-/m1/s1. The fourth-order valence-electron chi connectivity index (χ4n) is 4.17. The maximum atomic E-state index is 13.3. The van der Waals surface area contributed by atoms with E-state index >= 15 is 0 Å². The Morgan fingerprint density at radius 1 is 1.13 bits per heavy atom. The van der Waals surface area contributed by atoms with Crippen LogP contribution in [-0.4, -0.2) is 81.9 Å². The van der Waals surface area contributed by atoms with Crippen molar-refractivity contribution in [2.24, 2.45) is 0 Å². The molecule has 1 atom stereocenters. The molecule has 3 heterocycles. The number of aromatic nitrogens is 4. The van der Waals surface area contributed by atoms with Gasteiger partial charge in [-0.15, -0.1) is 5.10 Å². The van der Waals surface area contributed by atoms with Crippen LogP contribution in [0, 0.1) is 5.82 Å². The number of nitrogens with one attached hydrogen (secondary N) is 1. The molecule has 0 radical (unpaired) electrons. The van der Waals surface area contributed by atoms with E-state index in [0.29, 0.717) is 26.1 Å². The van der Waals surface area contributed by atoms with E-state index in [1.165, 1.54) is 12.1 Å². The molecule has 2 aromatic rings. The molecule has 2 aliphatic rings. The summed E-state index contributed by atoms with van der Waals surface area (Å²) in [7, 11) is 0. The molecule has 31 heavy (non-hydrogen) atoms. The molecule has 0 bridgehead atoms. The molecule has 1 amide bonds. The van der Waals surface area contributed by atoms with Crippen LogP contribution in [0.2, 0.25) is 0 Å². The Balaban J connectivity index is 1.29. The van der Waals surface area contributed by atoms with Crippen LogP contribution in [0.15, 0.2) is 24.3 Å². The van der Waals surface area contributed by atoms with Gasteiger partial charge in [-0.1, -0.05) is 12.1 Å². The number of likely N-dealkylation sites (tertiary alicyclic amines) is 1. The summed E-state index contributed by atoms with van der Waals surface area (Å²) in [5, 5.41) is 15.0. The van der Waals surface area contributed by atoms with Crippen LogP contribution < -0.4 is 5.32 Å². The number of hydrogen-bond donors (Lipinski definition) is 1. The summed E-state index contributed by atoms with van der Waals surface area (Å²) >= 11 is 0. The van der Waals surface area contributed by atoms with Gasteiger partial charge < -0.3 is 10.1 Å². The Morgan fingerprint density at radius 3 is 2.61 bits per heavy atom. The van der Waals surface area contributed by atoms with Gasteiger partial charge in [0.1, 0.15) is 5.82 Å². The molecule has 10 heteroatoms. The Labute approximate surface area is 181 Å². The number of amides is 1. The van der Waals surface area contributed by atoms with Crippen LogP contribution in [0.5, 0.6) is 0 Å². The Hall–Kier alpha value is -2.43. The number of morpholine rings is 1. The number of nitrogens with zero attached hydrogens (tertiary/aromatic N) is 6. The van der Waals surface area contributed by atoms with Crippen LogP contribution in [0.25, 0.3) is 0 Å². The Kier molecular flexibility index (Phi) is 7.55. The predicted octanol–water partition coefficient (Wildman–Crippen LogP) is 0.988. The molecule has 0 saturated carbocycles. The van der Waals surface area contributed by atoms with Crippen molar-refractivity contribution in [1.82, 2.24) is 35.3 Å². The van der Waals surface area contributed by atoms with Crippen molar-refractivity contribution in [1.29, 1.82) is 0 Å². The summed E-state index contributed by atoms with van der Waals surface area (Å²) in [6.45, 7) is 6.72. The molecule has 1 aromatic carbocycles. The third kappa shape index (κ3) is 6.05. The quantitative estimate of drug-likeness (QED) is 0.633. The molecule has 0 spiro atoms. The van der Waals surface area contributed by atoms with Crippen molar-refractivity contribution < 1.29 is 13.9 Å². The Bertz CT molecular complexity index is 833. The SMILES string of the molecule is O=C(CCn1nnnc1CN1CCOCC1)NC[C@H](c1ccc(F)cc1)N1CCCC1. The highest BCUT2D eigenvalue weighted by atomic mass is 19.1. The average molecular weight is 432 g/mol. The van der Waals surface area contributed by atoms with Crippen molar-refractivity contribution in [2.45, 2.75) is 38.4 Å². The predicted molar refractivity (Wildman–Crippen MR) is 111 cm³/mol. The van der Waals surface area contributed by atoms with Crippen molar-refractivity contribution in [3.8, 4) is 0 Å². The minimum atomic E-state index is -0.248. The third-order valence-electron chi connectivity index (χ3n) is 5.95. The number of ether oxygens (including phenoxy) is 1. The summed E-state index contributed by atoms with van der Waals surface area (Å²) in [6.07, 6.45) is 2.60. The van der Waals surface area contributed by atoms with E-state index < -0.39 is 0 Å². The lowest BCUT2D eigenvalue weighted by Gasteiger charge is -2.28. The minimum Gasteiger partial charge on any atom is -0.379 e. The van der Waals surface area contributed by atoms with Crippen LogP contribution in [0.4, 0.5) is 4.39 Å². The molecular formula is C21H30FN7O2. The zero-order chi connectivity index (χ0) is 21.5. The number of hydrogen-bond acceptors (Lipinski definition) is 7. The molecule has 2 fully saturated rings. The molecule has 9 nitrogen and oxygen atoms in total. The molecule has 168 valence electrons. The van der Waals surface area contributed by atoms with E-state index in [0.717, 1.165) is 63.6 Å². The second-order valence-electron chi connectivity index (χ2n) is 8.07. The van der Waals surface area contributed by atoms with E-state index in [-0.39, 0.29) is 17.8 Å². The normalized spacial score (nSPS) is 18.9. The number of benzene rings is 1. The molecule has 2 saturated heterocycles. The molecule has 0 unspecified atom stereocenters. The van der Waals surface area contributed by atoms with Gasteiger partial charge in [-0.25, -0.2) is 9.07 Å². The zero-order valence-corrected chi connectivity index (χ0v) is 17.7. The maximum Gasteiger partial charge on any atom is 0.221 e. The average Bonchev–Trinajstić information content (AvgIpc) is 3.47. The van der Waals surface area contributed by atoms with Crippen LogP contribution >= 0.6 is 0 Å². The Morgan fingerprint density at radius 2 is 1.87 bits per heavy atom. The van der Waals surface area contributed by atoms with Gasteiger partial charge in [-0.3, -0.25) is 14.6 Å². The van der Waals surface area contributed by atoms with Crippen molar-refractivity contribution in [3.63, 3.8) is 0 Å². The number of tetrazole rings is 1. The maximum absolute atomic E-state index is 13.3. The number of carbonyl (C=O) groups excluding carboxylic acids is 1. The largest absolute Gasteiger partial charge is 0.379 e. The van der Waals surface area contributed by atoms with Crippen LogP contribution in [0.3, 0.4) is 0 Å². The van der Waals surface area contributed by atoms with Gasteiger partial charge in [0.05, 0.1) is 32.3 Å². The van der Waals surface area contributed by atoms with Crippen molar-refractivity contribution in [3.05, 3.63) is 41.5 Å². The first kappa shape index (κ1) is 21.8. The summed E-state index contributed by atoms with van der Waals surface area (Å²) in [5.41, 5.74) is 1.02. The second-order valence-corrected chi connectivity index (χ2v) is 8.07. The lowest BCUT2D eigenvalue weighted by molar-refractivity contribution is -0.121. The summed E-state index contributed by atoms with van der Waals surface area (Å²) in [4.78, 5) is 17.1. The first-order valence-corrected chi connectivity index (χ1v) is 11.0. The summed E-state index contributed by atoms with van der Waals surface area (Å²) in [5.74, 6) is 0.470. The van der Waals surface area contributed by atoms with E-state index in [2.05, 4.69) is 30.6 Å². The number of rotatable bonds is 9. The van der Waals surface area contributed by atoms with Gasteiger partial charge in [0.15, 0.2) is 5.82 Å². The minimum absolute atomic E-state index is 0.0425. The first-order chi connectivity index (χ1) is 15.2.